The molecule has 0 N–H and O–H groups in total. The third kappa shape index (κ3) is 25.2. The second kappa shape index (κ2) is 38.4. The lowest BCUT2D eigenvalue weighted by atomic mass is 9.45. The van der Waals surface area contributed by atoms with Crippen LogP contribution >= 0.6 is 0 Å². The van der Waals surface area contributed by atoms with E-state index in [0.717, 1.165) is 119 Å². The fraction of sp³-hybridized carbons (Fsp3) is 0.945. The van der Waals surface area contributed by atoms with Crippen LogP contribution in [0.2, 0.25) is 0 Å². The van der Waals surface area contributed by atoms with Gasteiger partial charge in [-0.15, -0.1) is 0 Å². The van der Waals surface area contributed by atoms with Gasteiger partial charge in [0.2, 0.25) is 0 Å². The minimum atomic E-state index is -0.362. The van der Waals surface area contributed by atoms with Crippen LogP contribution in [-0.4, -0.2) is 57.9 Å². The van der Waals surface area contributed by atoms with Crippen molar-refractivity contribution >= 4 is 29.8 Å². The van der Waals surface area contributed by atoms with Gasteiger partial charge in [0.05, 0.1) is 27.1 Å². The van der Waals surface area contributed by atoms with E-state index in [1.54, 1.807) is 0 Å². The van der Waals surface area contributed by atoms with Crippen molar-refractivity contribution in [1.29, 1.82) is 0 Å². The topological polar surface area (TPSA) is 132 Å². The van der Waals surface area contributed by atoms with E-state index in [1.807, 2.05) is 69.2 Å². The highest BCUT2D eigenvalue weighted by molar-refractivity contribution is 5.78. The Morgan fingerprint density at radius 2 is 0.515 bits per heavy atom. The Morgan fingerprint density at radius 3 is 0.772 bits per heavy atom. The van der Waals surface area contributed by atoms with E-state index in [4.69, 9.17) is 23.7 Å². The molecular weight excluding hydrogens is 1250 g/mol. The molecule has 10 nitrogen and oxygen atoms in total. The van der Waals surface area contributed by atoms with Gasteiger partial charge in [-0.1, -0.05) is 145 Å². The SMILES string of the molecule is CCC(C)(C)C(=O)OC(C)(C)C12CC3CC(CC(C3)C1)C2.CCC(C)(C)C(=O)OC(C)(CC)C12CC3CC(CC(C3)C1)C2.CCC(C)(C)C(=O)OC1(C)CCCCCCCCC1.CCC(C)(C)C(=O)OC1(C)CCCCCCCCCCC1.CCC1(OC(=O)C(C)(C)CC)CCCCCCC1. The maximum Gasteiger partial charge on any atom is 0.312 e. The molecule has 8 bridgehead atoms. The standard InChI is InChI=1S/C20H34O2.C19H32O2.C19H36O2.C17H32O2.C16H30O2/c1-6-18(3,4)17(21)22-19(5,7-2)20-11-14-8-15(12-20)10-16(9-14)13-20;1-6-17(2,3)16(20)21-18(4,5)19-10-13-7-14(11-19)9-15(8-13)12-19;1-5-18(2,3)17(20)21-19(4)15-13-11-9-7-6-8-10-12-14-16-19;1-5-16(2,3)15(18)19-17(4)13-11-9-7-6-8-10-12-14-17;1-5-15(3,4)14(17)18-16(6-2)12-10-8-7-9-11-13-16/h14-16H,6-13H2,1-5H3;13-15H,6-12H2,1-5H3;5-16H2,1-4H3;5-14H2,1-4H3;5-13H2,1-4H3. The van der Waals surface area contributed by atoms with Gasteiger partial charge in [0.15, 0.2) is 0 Å². The number of carbonyl (C=O) groups is 5. The van der Waals surface area contributed by atoms with Crippen molar-refractivity contribution in [2.45, 2.75) is 476 Å². The quantitative estimate of drug-likeness (QED) is 0.0910. The maximum absolute atomic E-state index is 12.7. The van der Waals surface area contributed by atoms with Gasteiger partial charge in [-0.25, -0.2) is 0 Å². The summed E-state index contributed by atoms with van der Waals surface area (Å²) < 4.78 is 30.3. The lowest BCUT2D eigenvalue weighted by molar-refractivity contribution is -0.212. The molecule has 101 heavy (non-hydrogen) atoms. The number of ether oxygens (including phenoxy) is 5. The highest BCUT2D eigenvalue weighted by atomic mass is 16.6. The normalized spacial score (nSPS) is 29.0. The molecule has 588 valence electrons. The fourth-order valence-corrected chi connectivity index (χ4v) is 19.4. The minimum Gasteiger partial charge on any atom is -0.459 e. The molecular formula is C91H164O10. The zero-order chi connectivity index (χ0) is 75.4. The van der Waals surface area contributed by atoms with Crippen molar-refractivity contribution < 1.29 is 47.7 Å². The summed E-state index contributed by atoms with van der Waals surface area (Å²) in [5.74, 6) is 5.35. The number of hydrogen-bond donors (Lipinski definition) is 0. The molecule has 11 saturated carbocycles. The Balaban J connectivity index is 0.000000228. The first-order chi connectivity index (χ1) is 47.2. The first kappa shape index (κ1) is 89.0. The molecule has 0 saturated heterocycles. The van der Waals surface area contributed by atoms with Crippen molar-refractivity contribution in [3.63, 3.8) is 0 Å². The molecule has 0 aromatic carbocycles. The van der Waals surface area contributed by atoms with E-state index < -0.39 is 0 Å². The van der Waals surface area contributed by atoms with E-state index in [9.17, 15) is 24.0 Å². The molecule has 0 aliphatic heterocycles. The van der Waals surface area contributed by atoms with Crippen LogP contribution in [0.25, 0.3) is 0 Å². The predicted octanol–water partition coefficient (Wildman–Crippen LogP) is 26.4. The summed E-state index contributed by atoms with van der Waals surface area (Å²) in [6.45, 7) is 45.6. The zero-order valence-electron chi connectivity index (χ0n) is 70.6. The fourth-order valence-electron chi connectivity index (χ4n) is 19.4. The van der Waals surface area contributed by atoms with Crippen molar-refractivity contribution in [1.82, 2.24) is 0 Å². The molecule has 0 spiro atoms. The molecule has 0 amide bonds. The second-order valence-corrected chi connectivity index (χ2v) is 40.0. The van der Waals surface area contributed by atoms with Crippen molar-refractivity contribution in [3.05, 3.63) is 0 Å². The summed E-state index contributed by atoms with van der Waals surface area (Å²) in [7, 11) is 0. The molecule has 11 aliphatic carbocycles. The lowest BCUT2D eigenvalue weighted by Gasteiger charge is -2.62. The second-order valence-electron chi connectivity index (χ2n) is 40.0. The van der Waals surface area contributed by atoms with Crippen molar-refractivity contribution in [2.75, 3.05) is 0 Å². The van der Waals surface area contributed by atoms with Gasteiger partial charge in [-0.2, -0.15) is 0 Å². The van der Waals surface area contributed by atoms with E-state index in [2.05, 4.69) is 83.1 Å². The van der Waals surface area contributed by atoms with Gasteiger partial charge in [0.1, 0.15) is 28.0 Å². The molecule has 11 rings (SSSR count). The summed E-state index contributed by atoms with van der Waals surface area (Å²) >= 11 is 0. The van der Waals surface area contributed by atoms with E-state index in [0.29, 0.717) is 0 Å². The molecule has 10 heteroatoms. The van der Waals surface area contributed by atoms with Crippen LogP contribution in [-0.2, 0) is 47.7 Å². The predicted molar refractivity (Wildman–Crippen MR) is 419 cm³/mol. The number of carbonyl (C=O) groups excluding carboxylic acids is 5. The Kier molecular flexibility index (Phi) is 33.9. The van der Waals surface area contributed by atoms with Gasteiger partial charge in [0.25, 0.3) is 0 Å². The zero-order valence-corrected chi connectivity index (χ0v) is 70.6. The van der Waals surface area contributed by atoms with Crippen LogP contribution < -0.4 is 0 Å². The van der Waals surface area contributed by atoms with Crippen molar-refractivity contribution in [3.8, 4) is 0 Å². The molecule has 11 aliphatic rings. The van der Waals surface area contributed by atoms with Gasteiger partial charge < -0.3 is 23.7 Å². The summed E-state index contributed by atoms with van der Waals surface area (Å²) in [5, 5.41) is 0. The Hall–Kier alpha value is -2.65. The minimum absolute atomic E-state index is 0.00702. The first-order valence-electron chi connectivity index (χ1n) is 43.3. The number of esters is 5. The Labute approximate surface area is 623 Å². The third-order valence-electron chi connectivity index (χ3n) is 29.2. The van der Waals surface area contributed by atoms with E-state index in [1.165, 1.54) is 212 Å². The Morgan fingerprint density at radius 1 is 0.287 bits per heavy atom. The third-order valence-corrected chi connectivity index (χ3v) is 29.2. The van der Waals surface area contributed by atoms with E-state index in [-0.39, 0.29) is 95.8 Å². The molecule has 0 aromatic heterocycles. The van der Waals surface area contributed by atoms with Gasteiger partial charge in [-0.3, -0.25) is 24.0 Å². The molecule has 1 unspecified atom stereocenters. The Bertz CT molecular complexity index is 2430. The molecule has 1 atom stereocenters. The van der Waals surface area contributed by atoms with Crippen LogP contribution in [0, 0.1) is 73.4 Å². The van der Waals surface area contributed by atoms with Crippen LogP contribution in [0.3, 0.4) is 0 Å². The summed E-state index contributed by atoms with van der Waals surface area (Å²) in [5.41, 5.74) is -2.50. The van der Waals surface area contributed by atoms with Crippen LogP contribution in [0.4, 0.5) is 0 Å². The lowest BCUT2D eigenvalue weighted by Crippen LogP contribution is -2.59. The van der Waals surface area contributed by atoms with E-state index >= 15 is 0 Å². The van der Waals surface area contributed by atoms with Crippen LogP contribution in [0.5, 0.6) is 0 Å². The van der Waals surface area contributed by atoms with Gasteiger partial charge >= 0.3 is 29.8 Å². The van der Waals surface area contributed by atoms with Gasteiger partial charge in [-0.05, 0) is 338 Å². The maximum atomic E-state index is 12.7. The highest BCUT2D eigenvalue weighted by Crippen LogP contribution is 2.66. The first-order valence-corrected chi connectivity index (χ1v) is 43.3. The summed E-state index contributed by atoms with van der Waals surface area (Å²) in [6, 6.07) is 0. The summed E-state index contributed by atoms with van der Waals surface area (Å²) in [6.07, 6.45) is 55.7. The van der Waals surface area contributed by atoms with Crippen molar-refractivity contribution in [2.24, 2.45) is 73.4 Å². The average molecular weight is 1420 g/mol. The number of hydrogen-bond acceptors (Lipinski definition) is 10. The van der Waals surface area contributed by atoms with Gasteiger partial charge in [0, 0.05) is 10.8 Å². The largest absolute Gasteiger partial charge is 0.459 e. The van der Waals surface area contributed by atoms with Crippen LogP contribution in [0.15, 0.2) is 0 Å². The molecule has 0 heterocycles. The smallest absolute Gasteiger partial charge is 0.312 e. The average Bonchev–Trinajstić information content (AvgIpc) is 0.724. The number of rotatable bonds is 19. The highest BCUT2D eigenvalue weighted by Gasteiger charge is 2.61. The molecule has 0 radical (unpaired) electrons. The molecule has 0 aromatic rings. The van der Waals surface area contributed by atoms with Crippen LogP contribution in [0.1, 0.15) is 448 Å². The monoisotopic (exact) mass is 1420 g/mol. The summed E-state index contributed by atoms with van der Waals surface area (Å²) in [4.78, 5) is 62.3. The molecule has 11 fully saturated rings.